The molecule has 3 aromatic carbocycles. The van der Waals surface area contributed by atoms with E-state index in [2.05, 4.69) is 15.5 Å². The van der Waals surface area contributed by atoms with Crippen LogP contribution in [0.4, 0.5) is 10.8 Å². The summed E-state index contributed by atoms with van der Waals surface area (Å²) in [7, 11) is -3.94. The second-order valence-corrected chi connectivity index (χ2v) is 9.33. The molecule has 1 aromatic heterocycles. The molecular formula is C22H18N4O3S2. The maximum absolute atomic E-state index is 13.2. The molecule has 0 spiro atoms. The smallest absolute Gasteiger partial charge is 0.264 e. The molecule has 7 nitrogen and oxygen atoms in total. The van der Waals surface area contributed by atoms with E-state index in [1.54, 1.807) is 48.5 Å². The number of para-hydroxylation sites is 1. The van der Waals surface area contributed by atoms with Crippen molar-refractivity contribution in [3.63, 3.8) is 0 Å². The molecule has 0 bridgehead atoms. The fraction of sp³-hybridized carbons (Fsp3) is 0.0455. The van der Waals surface area contributed by atoms with Crippen molar-refractivity contribution in [1.82, 2.24) is 10.2 Å². The highest BCUT2D eigenvalue weighted by Crippen LogP contribution is 2.27. The highest BCUT2D eigenvalue weighted by atomic mass is 32.2. The maximum atomic E-state index is 13.2. The highest BCUT2D eigenvalue weighted by molar-refractivity contribution is 7.92. The van der Waals surface area contributed by atoms with Crippen molar-refractivity contribution in [2.45, 2.75) is 4.90 Å². The molecule has 0 aliphatic heterocycles. The highest BCUT2D eigenvalue weighted by Gasteiger charge is 2.27. The SMILES string of the molecule is O=C(CN(c1ccccc1)S(=O)(=O)c1ccccc1)Nc1nnc(-c2ccccc2)s1. The normalized spacial score (nSPS) is 11.1. The number of benzene rings is 3. The van der Waals surface area contributed by atoms with Gasteiger partial charge in [-0.3, -0.25) is 14.4 Å². The standard InChI is InChI=1S/C22H18N4O3S2/c27-20(23-22-25-24-21(30-22)17-10-4-1-5-11-17)16-26(18-12-6-2-7-13-18)31(28,29)19-14-8-3-9-15-19/h1-15H,16H2,(H,23,25,27). The molecule has 4 rings (SSSR count). The molecule has 1 N–H and O–H groups in total. The molecular weight excluding hydrogens is 432 g/mol. The first kappa shape index (κ1) is 20.7. The van der Waals surface area contributed by atoms with Gasteiger partial charge in [0, 0.05) is 5.56 Å². The van der Waals surface area contributed by atoms with Gasteiger partial charge in [0.05, 0.1) is 10.6 Å². The molecule has 1 amide bonds. The largest absolute Gasteiger partial charge is 0.299 e. The van der Waals surface area contributed by atoms with Crippen molar-refractivity contribution in [2.75, 3.05) is 16.2 Å². The summed E-state index contributed by atoms with van der Waals surface area (Å²) in [6.45, 7) is -0.401. The minimum absolute atomic E-state index is 0.105. The summed E-state index contributed by atoms with van der Waals surface area (Å²) in [6.07, 6.45) is 0. The number of anilines is 2. The average Bonchev–Trinajstić information content (AvgIpc) is 3.27. The summed E-state index contributed by atoms with van der Waals surface area (Å²) in [5, 5.41) is 11.7. The van der Waals surface area contributed by atoms with E-state index in [9.17, 15) is 13.2 Å². The van der Waals surface area contributed by atoms with Gasteiger partial charge in [-0.25, -0.2) is 8.42 Å². The van der Waals surface area contributed by atoms with Crippen molar-refractivity contribution >= 4 is 38.1 Å². The zero-order valence-electron chi connectivity index (χ0n) is 16.3. The molecule has 9 heteroatoms. The Hall–Kier alpha value is -3.56. The van der Waals surface area contributed by atoms with Crippen molar-refractivity contribution < 1.29 is 13.2 Å². The lowest BCUT2D eigenvalue weighted by atomic mass is 10.2. The van der Waals surface area contributed by atoms with E-state index in [1.807, 2.05) is 30.3 Å². The minimum Gasteiger partial charge on any atom is -0.299 e. The Balaban J connectivity index is 1.56. The van der Waals surface area contributed by atoms with Gasteiger partial charge in [-0.15, -0.1) is 10.2 Å². The molecule has 1 heterocycles. The molecule has 0 saturated heterocycles. The molecule has 0 radical (unpaired) electrons. The van der Waals surface area contributed by atoms with Crippen molar-refractivity contribution in [3.05, 3.63) is 91.0 Å². The Morgan fingerprint density at radius 2 is 1.42 bits per heavy atom. The average molecular weight is 451 g/mol. The number of carbonyl (C=O) groups excluding carboxylic acids is 1. The number of nitrogens with one attached hydrogen (secondary N) is 1. The molecule has 0 unspecified atom stereocenters. The number of rotatable bonds is 7. The van der Waals surface area contributed by atoms with Crippen LogP contribution in [0.3, 0.4) is 0 Å². The van der Waals surface area contributed by atoms with Gasteiger partial charge >= 0.3 is 0 Å². The summed E-state index contributed by atoms with van der Waals surface area (Å²) < 4.78 is 27.5. The van der Waals surface area contributed by atoms with Crippen LogP contribution in [0.15, 0.2) is 95.9 Å². The van der Waals surface area contributed by atoms with E-state index in [4.69, 9.17) is 0 Å². The van der Waals surface area contributed by atoms with Crippen LogP contribution in [0, 0.1) is 0 Å². The number of sulfonamides is 1. The first-order chi connectivity index (χ1) is 15.0. The van der Waals surface area contributed by atoms with Gasteiger partial charge < -0.3 is 0 Å². The summed E-state index contributed by atoms with van der Waals surface area (Å²) in [6, 6.07) is 26.0. The lowest BCUT2D eigenvalue weighted by Gasteiger charge is -2.23. The van der Waals surface area contributed by atoms with Gasteiger partial charge in [-0.2, -0.15) is 0 Å². The molecule has 156 valence electrons. The number of carbonyl (C=O) groups is 1. The van der Waals surface area contributed by atoms with Crippen LogP contribution in [0.1, 0.15) is 0 Å². The molecule has 0 atom stereocenters. The first-order valence-electron chi connectivity index (χ1n) is 9.36. The summed E-state index contributed by atoms with van der Waals surface area (Å²) in [5.41, 5.74) is 1.28. The minimum atomic E-state index is -3.94. The summed E-state index contributed by atoms with van der Waals surface area (Å²) in [5.74, 6) is -0.515. The molecule has 0 fully saturated rings. The van der Waals surface area contributed by atoms with Crippen LogP contribution in [0.25, 0.3) is 10.6 Å². The Morgan fingerprint density at radius 3 is 2.06 bits per heavy atom. The topological polar surface area (TPSA) is 92.3 Å². The Labute approximate surface area is 184 Å². The molecule has 0 saturated carbocycles. The Morgan fingerprint density at radius 1 is 0.839 bits per heavy atom. The van der Waals surface area contributed by atoms with E-state index >= 15 is 0 Å². The van der Waals surface area contributed by atoms with Crippen LogP contribution in [0.5, 0.6) is 0 Å². The van der Waals surface area contributed by atoms with Crippen LogP contribution in [0.2, 0.25) is 0 Å². The van der Waals surface area contributed by atoms with E-state index in [0.717, 1.165) is 9.87 Å². The van der Waals surface area contributed by atoms with E-state index < -0.39 is 22.5 Å². The molecule has 4 aromatic rings. The van der Waals surface area contributed by atoms with Gasteiger partial charge in [0.1, 0.15) is 11.6 Å². The number of amides is 1. The van der Waals surface area contributed by atoms with E-state index in [0.29, 0.717) is 15.8 Å². The maximum Gasteiger partial charge on any atom is 0.264 e. The fourth-order valence-corrected chi connectivity index (χ4v) is 5.10. The first-order valence-corrected chi connectivity index (χ1v) is 11.6. The monoisotopic (exact) mass is 450 g/mol. The van der Waals surface area contributed by atoms with Gasteiger partial charge in [-0.05, 0) is 24.3 Å². The van der Waals surface area contributed by atoms with Crippen molar-refractivity contribution in [3.8, 4) is 10.6 Å². The third-order valence-corrected chi connectivity index (χ3v) is 7.03. The lowest BCUT2D eigenvalue weighted by molar-refractivity contribution is -0.114. The van der Waals surface area contributed by atoms with Crippen LogP contribution in [-0.2, 0) is 14.8 Å². The fourth-order valence-electron chi connectivity index (χ4n) is 2.89. The predicted octanol–water partition coefficient (Wildman–Crippen LogP) is 4.04. The van der Waals surface area contributed by atoms with E-state index in [1.165, 1.54) is 23.5 Å². The quantitative estimate of drug-likeness (QED) is 0.459. The molecule has 31 heavy (non-hydrogen) atoms. The second-order valence-electron chi connectivity index (χ2n) is 6.49. The third-order valence-electron chi connectivity index (χ3n) is 4.35. The van der Waals surface area contributed by atoms with Crippen LogP contribution in [-0.4, -0.2) is 31.1 Å². The van der Waals surface area contributed by atoms with Gasteiger partial charge in [0.2, 0.25) is 11.0 Å². The number of hydrogen-bond donors (Lipinski definition) is 1. The van der Waals surface area contributed by atoms with Gasteiger partial charge in [-0.1, -0.05) is 78.1 Å². The summed E-state index contributed by atoms with van der Waals surface area (Å²) >= 11 is 1.22. The van der Waals surface area contributed by atoms with Gasteiger partial charge in [0.15, 0.2) is 0 Å². The second kappa shape index (κ2) is 9.07. The Kier molecular flexibility index (Phi) is 6.06. The zero-order valence-corrected chi connectivity index (χ0v) is 17.9. The predicted molar refractivity (Wildman–Crippen MR) is 121 cm³/mol. The number of nitrogens with zero attached hydrogens (tertiary/aromatic N) is 3. The van der Waals surface area contributed by atoms with E-state index in [-0.39, 0.29) is 4.90 Å². The third kappa shape index (κ3) is 4.79. The van der Waals surface area contributed by atoms with Gasteiger partial charge in [0.25, 0.3) is 10.0 Å². The lowest BCUT2D eigenvalue weighted by Crippen LogP contribution is -2.38. The van der Waals surface area contributed by atoms with Crippen LogP contribution >= 0.6 is 11.3 Å². The number of aromatic nitrogens is 2. The van der Waals surface area contributed by atoms with Crippen molar-refractivity contribution in [1.29, 1.82) is 0 Å². The Bertz CT molecular complexity index is 1260. The zero-order chi connectivity index (χ0) is 21.7. The number of hydrogen-bond acceptors (Lipinski definition) is 6. The van der Waals surface area contributed by atoms with Crippen LogP contribution < -0.4 is 9.62 Å². The molecule has 0 aliphatic carbocycles. The summed E-state index contributed by atoms with van der Waals surface area (Å²) in [4.78, 5) is 12.8. The molecule has 0 aliphatic rings. The van der Waals surface area contributed by atoms with Crippen molar-refractivity contribution in [2.24, 2.45) is 0 Å².